The van der Waals surface area contributed by atoms with Crippen LogP contribution in [0.5, 0.6) is 0 Å². The number of pyridine rings is 1. The number of benzene rings is 1. The first kappa shape index (κ1) is 13.8. The van der Waals surface area contributed by atoms with Crippen molar-refractivity contribution < 1.29 is 5.11 Å². The molecular weight excluding hydrogens is 306 g/mol. The second kappa shape index (κ2) is 6.04. The molecule has 0 fully saturated rings. The number of aliphatic hydroxyl groups is 1. The quantitative estimate of drug-likeness (QED) is 0.757. The minimum absolute atomic E-state index is 0.401. The van der Waals surface area contributed by atoms with Gasteiger partial charge in [-0.3, -0.25) is 0 Å². The van der Waals surface area contributed by atoms with Crippen molar-refractivity contribution in [1.82, 2.24) is 4.98 Å². The fraction of sp³-hybridized carbons (Fsp3) is 0.214. The van der Waals surface area contributed by atoms with Gasteiger partial charge in [0.05, 0.1) is 11.8 Å². The van der Waals surface area contributed by atoms with Crippen LogP contribution in [0.25, 0.3) is 0 Å². The molecule has 4 nitrogen and oxygen atoms in total. The average molecular weight is 322 g/mol. The molecule has 1 heterocycles. The normalized spacial score (nSPS) is 12.2. The average Bonchev–Trinajstić information content (AvgIpc) is 2.40. The molecule has 1 unspecified atom stereocenters. The number of aliphatic hydroxyl groups excluding tert-OH is 1. The Morgan fingerprint density at radius 3 is 2.58 bits per heavy atom. The molecule has 0 aliphatic rings. The summed E-state index contributed by atoms with van der Waals surface area (Å²) in [5.41, 5.74) is 8.04. The van der Waals surface area contributed by atoms with Gasteiger partial charge in [0.25, 0.3) is 0 Å². The smallest absolute Gasteiger partial charge is 0.126 e. The van der Waals surface area contributed by atoms with Gasteiger partial charge < -0.3 is 16.2 Å². The van der Waals surface area contributed by atoms with Crippen LogP contribution in [0.1, 0.15) is 17.4 Å². The van der Waals surface area contributed by atoms with Crippen molar-refractivity contribution in [3.05, 3.63) is 52.1 Å². The van der Waals surface area contributed by atoms with Crippen LogP contribution in [0.4, 0.5) is 11.5 Å². The molecule has 1 aromatic heterocycles. The third-order valence-corrected chi connectivity index (χ3v) is 3.66. The molecule has 100 valence electrons. The second-order valence-electron chi connectivity index (χ2n) is 4.33. The molecule has 0 saturated carbocycles. The minimum Gasteiger partial charge on any atom is -0.399 e. The Hall–Kier alpha value is -1.59. The van der Waals surface area contributed by atoms with E-state index in [2.05, 4.69) is 26.2 Å². The van der Waals surface area contributed by atoms with E-state index < -0.39 is 6.10 Å². The molecule has 2 rings (SSSR count). The lowest BCUT2D eigenvalue weighted by molar-refractivity contribution is 0.191. The van der Waals surface area contributed by atoms with Gasteiger partial charge in [-0.1, -0.05) is 12.1 Å². The van der Waals surface area contributed by atoms with E-state index in [0.29, 0.717) is 12.2 Å². The molecule has 19 heavy (non-hydrogen) atoms. The van der Waals surface area contributed by atoms with Crippen LogP contribution in [0.3, 0.4) is 0 Å². The highest BCUT2D eigenvalue weighted by Crippen LogP contribution is 2.18. The van der Waals surface area contributed by atoms with Gasteiger partial charge in [0.15, 0.2) is 0 Å². The Kier molecular flexibility index (Phi) is 4.39. The summed E-state index contributed by atoms with van der Waals surface area (Å²) in [4.78, 5) is 4.36. The number of aryl methyl sites for hydroxylation is 1. The number of hydrogen-bond donors (Lipinski definition) is 3. The molecule has 2 aromatic rings. The number of nitrogens with two attached hydrogens (primary N) is 1. The summed E-state index contributed by atoms with van der Waals surface area (Å²) >= 11 is 3.40. The molecular formula is C14H16BrN3O. The first-order valence-corrected chi connectivity index (χ1v) is 6.76. The van der Waals surface area contributed by atoms with Crippen molar-refractivity contribution in [2.45, 2.75) is 13.0 Å². The van der Waals surface area contributed by atoms with Crippen LogP contribution >= 0.6 is 15.9 Å². The Bertz CT molecular complexity index is 557. The van der Waals surface area contributed by atoms with Gasteiger partial charge in [-0.15, -0.1) is 0 Å². The molecule has 0 amide bonds. The lowest BCUT2D eigenvalue weighted by Crippen LogP contribution is -2.13. The van der Waals surface area contributed by atoms with Crippen LogP contribution < -0.4 is 11.1 Å². The fourth-order valence-corrected chi connectivity index (χ4v) is 1.90. The third-order valence-electron chi connectivity index (χ3n) is 2.82. The number of rotatable bonds is 4. The summed E-state index contributed by atoms with van der Waals surface area (Å²) in [6.07, 6.45) is -0.591. The molecule has 5 heteroatoms. The lowest BCUT2D eigenvalue weighted by atomic mass is 10.1. The number of aromatic nitrogens is 1. The van der Waals surface area contributed by atoms with Crippen LogP contribution in [-0.4, -0.2) is 16.6 Å². The summed E-state index contributed by atoms with van der Waals surface area (Å²) in [5.74, 6) is 0.746. The van der Waals surface area contributed by atoms with Gasteiger partial charge in [-0.2, -0.15) is 0 Å². The highest BCUT2D eigenvalue weighted by Gasteiger charge is 2.07. The molecule has 1 aromatic carbocycles. The first-order valence-electron chi connectivity index (χ1n) is 5.97. The SMILES string of the molecule is Cc1nc(NCC(O)c2ccc(N)cc2)ccc1Br. The molecule has 0 radical (unpaired) electrons. The molecule has 0 aliphatic heterocycles. The maximum Gasteiger partial charge on any atom is 0.126 e. The Morgan fingerprint density at radius 2 is 1.95 bits per heavy atom. The van der Waals surface area contributed by atoms with E-state index in [1.807, 2.05) is 31.2 Å². The molecule has 1 atom stereocenters. The van der Waals surface area contributed by atoms with E-state index in [-0.39, 0.29) is 0 Å². The zero-order valence-corrected chi connectivity index (χ0v) is 12.2. The molecule has 4 N–H and O–H groups in total. The van der Waals surface area contributed by atoms with Crippen molar-refractivity contribution in [2.75, 3.05) is 17.6 Å². The Balaban J connectivity index is 1.98. The van der Waals surface area contributed by atoms with Crippen LogP contribution in [-0.2, 0) is 0 Å². The highest BCUT2D eigenvalue weighted by atomic mass is 79.9. The van der Waals surface area contributed by atoms with Crippen molar-refractivity contribution in [2.24, 2.45) is 0 Å². The van der Waals surface area contributed by atoms with Crippen molar-refractivity contribution in [3.63, 3.8) is 0 Å². The minimum atomic E-state index is -0.591. The van der Waals surface area contributed by atoms with Crippen molar-refractivity contribution in [3.8, 4) is 0 Å². The topological polar surface area (TPSA) is 71.2 Å². The number of nitrogens with zero attached hydrogens (tertiary/aromatic N) is 1. The van der Waals surface area contributed by atoms with Crippen molar-refractivity contribution >= 4 is 27.4 Å². The zero-order valence-electron chi connectivity index (χ0n) is 10.6. The van der Waals surface area contributed by atoms with E-state index >= 15 is 0 Å². The van der Waals surface area contributed by atoms with Gasteiger partial charge in [-0.05, 0) is 52.7 Å². The summed E-state index contributed by atoms with van der Waals surface area (Å²) in [5, 5.41) is 13.2. The van der Waals surface area contributed by atoms with Crippen molar-refractivity contribution in [1.29, 1.82) is 0 Å². The lowest BCUT2D eigenvalue weighted by Gasteiger charge is -2.13. The summed E-state index contributed by atoms with van der Waals surface area (Å²) in [6.45, 7) is 2.32. The third kappa shape index (κ3) is 3.68. The van der Waals surface area contributed by atoms with Gasteiger partial charge in [0, 0.05) is 16.7 Å². The summed E-state index contributed by atoms with van der Waals surface area (Å²) in [7, 11) is 0. The van der Waals surface area contributed by atoms with Gasteiger partial charge >= 0.3 is 0 Å². The van der Waals surface area contributed by atoms with Gasteiger partial charge in [-0.25, -0.2) is 4.98 Å². The Morgan fingerprint density at radius 1 is 1.26 bits per heavy atom. The predicted molar refractivity (Wildman–Crippen MR) is 81.0 cm³/mol. The summed E-state index contributed by atoms with van der Waals surface area (Å²) in [6, 6.07) is 11.0. The number of halogens is 1. The first-order chi connectivity index (χ1) is 9.06. The van der Waals surface area contributed by atoms with E-state index in [1.165, 1.54) is 0 Å². The van der Waals surface area contributed by atoms with E-state index in [0.717, 1.165) is 21.5 Å². The summed E-state index contributed by atoms with van der Waals surface area (Å²) < 4.78 is 0.970. The van der Waals surface area contributed by atoms with Crippen LogP contribution in [0.2, 0.25) is 0 Å². The Labute approximate surface area is 120 Å². The maximum atomic E-state index is 10.1. The van der Waals surface area contributed by atoms with E-state index in [4.69, 9.17) is 5.73 Å². The number of hydrogen-bond acceptors (Lipinski definition) is 4. The second-order valence-corrected chi connectivity index (χ2v) is 5.18. The molecule has 0 bridgehead atoms. The highest BCUT2D eigenvalue weighted by molar-refractivity contribution is 9.10. The zero-order chi connectivity index (χ0) is 13.8. The van der Waals surface area contributed by atoms with Gasteiger partial charge in [0.1, 0.15) is 5.82 Å². The molecule has 0 saturated heterocycles. The predicted octanol–water partition coefficient (Wildman–Crippen LogP) is 2.88. The van der Waals surface area contributed by atoms with Crippen LogP contribution in [0.15, 0.2) is 40.9 Å². The van der Waals surface area contributed by atoms with E-state index in [1.54, 1.807) is 12.1 Å². The van der Waals surface area contributed by atoms with Crippen LogP contribution in [0, 0.1) is 6.92 Å². The van der Waals surface area contributed by atoms with Gasteiger partial charge in [0.2, 0.25) is 0 Å². The largest absolute Gasteiger partial charge is 0.399 e. The van der Waals surface area contributed by atoms with E-state index in [9.17, 15) is 5.11 Å². The monoisotopic (exact) mass is 321 g/mol. The number of nitrogen functional groups attached to an aromatic ring is 1. The molecule has 0 spiro atoms. The fourth-order valence-electron chi connectivity index (χ4n) is 1.68. The maximum absolute atomic E-state index is 10.1. The number of anilines is 2. The number of nitrogens with one attached hydrogen (secondary N) is 1. The molecule has 0 aliphatic carbocycles. The standard InChI is InChI=1S/C14H16BrN3O/c1-9-12(15)6-7-14(18-9)17-8-13(19)10-2-4-11(16)5-3-10/h2-7,13,19H,8,16H2,1H3,(H,17,18).